The second-order valence-corrected chi connectivity index (χ2v) is 6.45. The average molecular weight is 353 g/mol. The highest BCUT2D eigenvalue weighted by Crippen LogP contribution is 2.24. The van der Waals surface area contributed by atoms with Crippen LogP contribution in [0.25, 0.3) is 0 Å². The number of pyridine rings is 1. The van der Waals surface area contributed by atoms with Crippen LogP contribution in [0.15, 0.2) is 48.8 Å². The summed E-state index contributed by atoms with van der Waals surface area (Å²) >= 11 is 0. The monoisotopic (exact) mass is 353 g/mol. The number of aromatic nitrogens is 1. The SMILES string of the molecule is CC(=O)N1CCC(CNC(=O)c2cnccc2Oc2ccccc2)CC1. The summed E-state index contributed by atoms with van der Waals surface area (Å²) in [6.07, 6.45) is 4.93. The third kappa shape index (κ3) is 4.59. The molecule has 1 aromatic carbocycles. The number of rotatable bonds is 5. The first-order valence-corrected chi connectivity index (χ1v) is 8.84. The maximum atomic E-state index is 12.6. The number of ether oxygens (including phenoxy) is 1. The fraction of sp³-hybridized carbons (Fsp3) is 0.350. The molecular weight excluding hydrogens is 330 g/mol. The van der Waals surface area contributed by atoms with Gasteiger partial charge in [-0.1, -0.05) is 18.2 Å². The summed E-state index contributed by atoms with van der Waals surface area (Å²) in [7, 11) is 0. The molecule has 0 bridgehead atoms. The number of likely N-dealkylation sites (tertiary alicyclic amines) is 1. The summed E-state index contributed by atoms with van der Waals surface area (Å²) in [4.78, 5) is 29.9. The molecule has 0 unspecified atom stereocenters. The zero-order chi connectivity index (χ0) is 18.4. The van der Waals surface area contributed by atoms with Crippen LogP contribution >= 0.6 is 0 Å². The number of carbonyl (C=O) groups excluding carboxylic acids is 2. The van der Waals surface area contributed by atoms with Gasteiger partial charge in [0.1, 0.15) is 17.1 Å². The number of carbonyl (C=O) groups is 2. The molecule has 0 spiro atoms. The molecule has 1 N–H and O–H groups in total. The van der Waals surface area contributed by atoms with Crippen LogP contribution in [0, 0.1) is 5.92 Å². The Bertz CT molecular complexity index is 756. The van der Waals surface area contributed by atoms with E-state index in [1.54, 1.807) is 19.2 Å². The van der Waals surface area contributed by atoms with E-state index in [0.29, 0.717) is 29.5 Å². The molecule has 1 saturated heterocycles. The fourth-order valence-corrected chi connectivity index (χ4v) is 3.04. The molecule has 1 aliphatic rings. The second-order valence-electron chi connectivity index (χ2n) is 6.45. The molecule has 6 nitrogen and oxygen atoms in total. The second kappa shape index (κ2) is 8.47. The quantitative estimate of drug-likeness (QED) is 0.897. The summed E-state index contributed by atoms with van der Waals surface area (Å²) in [5, 5.41) is 2.98. The van der Waals surface area contributed by atoms with Gasteiger partial charge in [0.2, 0.25) is 5.91 Å². The van der Waals surface area contributed by atoms with Gasteiger partial charge in [-0.15, -0.1) is 0 Å². The van der Waals surface area contributed by atoms with Crippen LogP contribution in [-0.4, -0.2) is 41.3 Å². The van der Waals surface area contributed by atoms with Crippen LogP contribution < -0.4 is 10.1 Å². The number of para-hydroxylation sites is 1. The smallest absolute Gasteiger partial charge is 0.256 e. The van der Waals surface area contributed by atoms with Crippen LogP contribution in [-0.2, 0) is 4.79 Å². The molecule has 26 heavy (non-hydrogen) atoms. The Morgan fingerprint density at radius 2 is 1.92 bits per heavy atom. The fourth-order valence-electron chi connectivity index (χ4n) is 3.04. The Balaban J connectivity index is 1.58. The van der Waals surface area contributed by atoms with Crippen molar-refractivity contribution in [3.05, 3.63) is 54.4 Å². The zero-order valence-electron chi connectivity index (χ0n) is 14.9. The number of amides is 2. The molecule has 1 aromatic heterocycles. The van der Waals surface area contributed by atoms with Gasteiger partial charge in [-0.25, -0.2) is 0 Å². The summed E-state index contributed by atoms with van der Waals surface area (Å²) in [6.45, 7) is 3.69. The first-order chi connectivity index (χ1) is 12.6. The van der Waals surface area contributed by atoms with E-state index in [-0.39, 0.29) is 11.8 Å². The van der Waals surface area contributed by atoms with E-state index in [0.717, 1.165) is 25.9 Å². The Kier molecular flexibility index (Phi) is 5.84. The third-order valence-corrected chi connectivity index (χ3v) is 4.61. The summed E-state index contributed by atoms with van der Waals surface area (Å²) < 4.78 is 5.82. The maximum Gasteiger partial charge on any atom is 0.256 e. The molecule has 2 aromatic rings. The van der Waals surface area contributed by atoms with Gasteiger partial charge in [-0.3, -0.25) is 14.6 Å². The molecular formula is C20H23N3O3. The van der Waals surface area contributed by atoms with Gasteiger partial charge in [-0.2, -0.15) is 0 Å². The highest BCUT2D eigenvalue weighted by Gasteiger charge is 2.22. The molecule has 2 heterocycles. The van der Waals surface area contributed by atoms with E-state index >= 15 is 0 Å². The Morgan fingerprint density at radius 3 is 2.62 bits per heavy atom. The number of hydrogen-bond acceptors (Lipinski definition) is 4. The van der Waals surface area contributed by atoms with Crippen molar-refractivity contribution in [2.24, 2.45) is 5.92 Å². The van der Waals surface area contributed by atoms with E-state index in [4.69, 9.17) is 4.74 Å². The van der Waals surface area contributed by atoms with Crippen LogP contribution in [0.5, 0.6) is 11.5 Å². The summed E-state index contributed by atoms with van der Waals surface area (Å²) in [5.41, 5.74) is 0.414. The molecule has 0 radical (unpaired) electrons. The van der Waals surface area contributed by atoms with E-state index in [1.165, 1.54) is 6.20 Å². The number of piperidine rings is 1. The molecule has 136 valence electrons. The van der Waals surface area contributed by atoms with Crippen molar-refractivity contribution < 1.29 is 14.3 Å². The molecule has 0 aliphatic carbocycles. The van der Waals surface area contributed by atoms with Gasteiger partial charge in [-0.05, 0) is 37.0 Å². The standard InChI is InChI=1S/C20H23N3O3/c1-15(24)23-11-8-16(9-12-23)13-22-20(25)18-14-21-10-7-19(18)26-17-5-3-2-4-6-17/h2-7,10,14,16H,8-9,11-13H2,1H3,(H,22,25). The van der Waals surface area contributed by atoms with Crippen LogP contribution in [0.1, 0.15) is 30.1 Å². The zero-order valence-corrected chi connectivity index (χ0v) is 14.9. The van der Waals surface area contributed by atoms with Crippen molar-refractivity contribution in [2.75, 3.05) is 19.6 Å². The average Bonchev–Trinajstić information content (AvgIpc) is 2.67. The normalized spacial score (nSPS) is 14.7. The predicted octanol–water partition coefficient (Wildman–Crippen LogP) is 2.86. The van der Waals surface area contributed by atoms with E-state index < -0.39 is 0 Å². The highest BCUT2D eigenvalue weighted by atomic mass is 16.5. The number of nitrogens with one attached hydrogen (secondary N) is 1. The van der Waals surface area contributed by atoms with Crippen LogP contribution in [0.4, 0.5) is 0 Å². The lowest BCUT2D eigenvalue weighted by molar-refractivity contribution is -0.130. The first kappa shape index (κ1) is 17.9. The lowest BCUT2D eigenvalue weighted by Crippen LogP contribution is -2.40. The summed E-state index contributed by atoms with van der Waals surface area (Å²) in [5.74, 6) is 1.45. The Hall–Kier alpha value is -2.89. The molecule has 0 atom stereocenters. The van der Waals surface area contributed by atoms with Crippen LogP contribution in [0.2, 0.25) is 0 Å². The van der Waals surface area contributed by atoms with Gasteiger partial charge in [0, 0.05) is 39.0 Å². The number of nitrogens with zero attached hydrogens (tertiary/aromatic N) is 2. The summed E-state index contributed by atoms with van der Waals surface area (Å²) in [6, 6.07) is 11.0. The van der Waals surface area contributed by atoms with E-state index in [9.17, 15) is 9.59 Å². The van der Waals surface area contributed by atoms with Crippen molar-refractivity contribution in [2.45, 2.75) is 19.8 Å². The molecule has 3 rings (SSSR count). The van der Waals surface area contributed by atoms with Gasteiger partial charge >= 0.3 is 0 Å². The minimum absolute atomic E-state index is 0.116. The number of benzene rings is 1. The molecule has 1 aliphatic heterocycles. The lowest BCUT2D eigenvalue weighted by Gasteiger charge is -2.31. The van der Waals surface area contributed by atoms with Gasteiger partial charge in [0.05, 0.1) is 0 Å². The van der Waals surface area contributed by atoms with Crippen molar-refractivity contribution >= 4 is 11.8 Å². The largest absolute Gasteiger partial charge is 0.456 e. The van der Waals surface area contributed by atoms with Gasteiger partial charge < -0.3 is 15.0 Å². The minimum atomic E-state index is -0.196. The van der Waals surface area contributed by atoms with Crippen molar-refractivity contribution in [1.82, 2.24) is 15.2 Å². The van der Waals surface area contributed by atoms with Crippen LogP contribution in [0.3, 0.4) is 0 Å². The van der Waals surface area contributed by atoms with Gasteiger partial charge in [0.25, 0.3) is 5.91 Å². The predicted molar refractivity (Wildman–Crippen MR) is 98.1 cm³/mol. The topological polar surface area (TPSA) is 71.5 Å². The minimum Gasteiger partial charge on any atom is -0.456 e. The lowest BCUT2D eigenvalue weighted by atomic mass is 9.96. The Morgan fingerprint density at radius 1 is 1.19 bits per heavy atom. The Labute approximate surface area is 153 Å². The molecule has 2 amide bonds. The molecule has 6 heteroatoms. The van der Waals surface area contributed by atoms with E-state index in [1.807, 2.05) is 35.2 Å². The molecule has 1 fully saturated rings. The highest BCUT2D eigenvalue weighted by molar-refractivity contribution is 5.96. The number of hydrogen-bond donors (Lipinski definition) is 1. The van der Waals surface area contributed by atoms with E-state index in [2.05, 4.69) is 10.3 Å². The maximum absolute atomic E-state index is 12.6. The van der Waals surface area contributed by atoms with Crippen molar-refractivity contribution in [3.8, 4) is 11.5 Å². The first-order valence-electron chi connectivity index (χ1n) is 8.84. The molecule has 0 saturated carbocycles. The third-order valence-electron chi connectivity index (χ3n) is 4.61. The van der Waals surface area contributed by atoms with Gasteiger partial charge in [0.15, 0.2) is 0 Å². The van der Waals surface area contributed by atoms with Crippen molar-refractivity contribution in [3.63, 3.8) is 0 Å². The van der Waals surface area contributed by atoms with Crippen molar-refractivity contribution in [1.29, 1.82) is 0 Å².